The Morgan fingerprint density at radius 3 is 2.46 bits per heavy atom. The number of carboxylic acids is 1. The zero-order valence-electron chi connectivity index (χ0n) is 15.9. The molecule has 3 heteroatoms. The van der Waals surface area contributed by atoms with Gasteiger partial charge < -0.3 is 5.11 Å². The van der Waals surface area contributed by atoms with Gasteiger partial charge in [-0.3, -0.25) is 0 Å². The highest BCUT2D eigenvalue weighted by Gasteiger charge is 2.06. The molecule has 0 aliphatic heterocycles. The van der Waals surface area contributed by atoms with Crippen LogP contribution in [-0.2, 0) is 4.79 Å². The van der Waals surface area contributed by atoms with Crippen molar-refractivity contribution >= 4 is 17.6 Å². The molecule has 3 nitrogen and oxygen atoms in total. The van der Waals surface area contributed by atoms with Crippen molar-refractivity contribution in [2.75, 3.05) is 0 Å². The summed E-state index contributed by atoms with van der Waals surface area (Å²) in [5.41, 5.74) is 4.62. The predicted octanol–water partition coefficient (Wildman–Crippen LogP) is 6.22. The lowest BCUT2D eigenvalue weighted by Gasteiger charge is -2.13. The topological polar surface area (TPSA) is 50.2 Å². The molecule has 1 aromatic rings. The van der Waals surface area contributed by atoms with Crippen LogP contribution in [0.25, 0.3) is 11.6 Å². The van der Waals surface area contributed by atoms with Crippen LogP contribution >= 0.6 is 0 Å². The van der Waals surface area contributed by atoms with Gasteiger partial charge in [0.05, 0.1) is 11.4 Å². The van der Waals surface area contributed by atoms with Crippen LogP contribution in [-0.4, -0.2) is 16.1 Å². The highest BCUT2D eigenvalue weighted by molar-refractivity contribution is 5.81. The molecule has 0 atom stereocenters. The van der Waals surface area contributed by atoms with Crippen LogP contribution < -0.4 is 0 Å². The molecule has 0 bridgehead atoms. The monoisotopic (exact) mass is 351 g/mol. The molecule has 0 unspecified atom stereocenters. The maximum Gasteiger partial charge on any atom is 0.328 e. The number of carbonyl (C=O) groups is 1. The summed E-state index contributed by atoms with van der Waals surface area (Å²) in [5.74, 6) is -0.996. The fourth-order valence-electron chi connectivity index (χ4n) is 2.72. The second-order valence-corrected chi connectivity index (χ2v) is 5.86. The van der Waals surface area contributed by atoms with E-state index in [1.807, 2.05) is 32.0 Å². The first kappa shape index (κ1) is 21.4. The normalized spacial score (nSPS) is 14.4. The first-order valence-corrected chi connectivity index (χ1v) is 9.19. The fraction of sp³-hybridized carbons (Fsp3) is 0.304. The SMILES string of the molecule is C=C/C(=C\C(=C)/C=C/C(=O)O)c1cccc(C=C2CCCCC2)n1.CC. The van der Waals surface area contributed by atoms with Crippen molar-refractivity contribution in [1.29, 1.82) is 0 Å². The number of rotatable bonds is 6. The van der Waals surface area contributed by atoms with E-state index in [9.17, 15) is 4.79 Å². The van der Waals surface area contributed by atoms with E-state index >= 15 is 0 Å². The zero-order valence-corrected chi connectivity index (χ0v) is 15.9. The number of aromatic nitrogens is 1. The van der Waals surface area contributed by atoms with Crippen LogP contribution in [0.3, 0.4) is 0 Å². The largest absolute Gasteiger partial charge is 0.478 e. The molecule has 1 N–H and O–H groups in total. The Morgan fingerprint density at radius 1 is 1.15 bits per heavy atom. The summed E-state index contributed by atoms with van der Waals surface area (Å²) < 4.78 is 0. The van der Waals surface area contributed by atoms with Crippen molar-refractivity contribution in [2.24, 2.45) is 0 Å². The Balaban J connectivity index is 0.00000163. The lowest BCUT2D eigenvalue weighted by Crippen LogP contribution is -1.95. The van der Waals surface area contributed by atoms with Gasteiger partial charge >= 0.3 is 5.97 Å². The third kappa shape index (κ3) is 7.47. The summed E-state index contributed by atoms with van der Waals surface area (Å²) in [6.07, 6.45) is 14.4. The Bertz CT molecular complexity index is 715. The maximum absolute atomic E-state index is 10.6. The van der Waals surface area contributed by atoms with Crippen LogP contribution in [0.2, 0.25) is 0 Å². The van der Waals surface area contributed by atoms with Crippen molar-refractivity contribution in [1.82, 2.24) is 4.98 Å². The molecule has 2 rings (SSSR count). The highest BCUT2D eigenvalue weighted by Crippen LogP contribution is 2.25. The van der Waals surface area contributed by atoms with Gasteiger partial charge in [0.1, 0.15) is 0 Å². The number of pyridine rings is 1. The molecular formula is C23H29NO2. The van der Waals surface area contributed by atoms with Gasteiger partial charge in [0, 0.05) is 11.6 Å². The van der Waals surface area contributed by atoms with E-state index in [2.05, 4.69) is 24.2 Å². The van der Waals surface area contributed by atoms with Crippen molar-refractivity contribution < 1.29 is 9.90 Å². The van der Waals surface area contributed by atoms with Crippen molar-refractivity contribution in [3.05, 3.63) is 78.2 Å². The molecule has 0 amide bonds. The summed E-state index contributed by atoms with van der Waals surface area (Å²) in [6, 6.07) is 5.90. The minimum Gasteiger partial charge on any atom is -0.478 e. The zero-order chi connectivity index (χ0) is 19.4. The van der Waals surface area contributed by atoms with Gasteiger partial charge in [0.25, 0.3) is 0 Å². The van der Waals surface area contributed by atoms with E-state index in [-0.39, 0.29) is 0 Å². The minimum absolute atomic E-state index is 0.588. The molecule has 0 saturated heterocycles. The van der Waals surface area contributed by atoms with Gasteiger partial charge in [-0.1, -0.05) is 51.1 Å². The van der Waals surface area contributed by atoms with Crippen LogP contribution in [0.15, 0.2) is 66.8 Å². The molecular weight excluding hydrogens is 322 g/mol. The quantitative estimate of drug-likeness (QED) is 0.489. The summed E-state index contributed by atoms with van der Waals surface area (Å²) in [5, 5.41) is 8.68. The molecule has 1 aliphatic rings. The van der Waals surface area contributed by atoms with Crippen LogP contribution in [0.5, 0.6) is 0 Å². The van der Waals surface area contributed by atoms with Crippen molar-refractivity contribution in [3.8, 4) is 0 Å². The average Bonchev–Trinajstić information content (AvgIpc) is 2.67. The van der Waals surface area contributed by atoms with Gasteiger partial charge in [-0.2, -0.15) is 0 Å². The second kappa shape index (κ2) is 11.8. The molecule has 1 aromatic heterocycles. The molecule has 138 valence electrons. The second-order valence-electron chi connectivity index (χ2n) is 5.86. The Hall–Kier alpha value is -2.68. The molecule has 1 saturated carbocycles. The summed E-state index contributed by atoms with van der Waals surface area (Å²) >= 11 is 0. The summed E-state index contributed by atoms with van der Waals surface area (Å²) in [7, 11) is 0. The van der Waals surface area contributed by atoms with E-state index in [4.69, 9.17) is 5.11 Å². The number of aliphatic carboxylic acids is 1. The third-order valence-corrected chi connectivity index (χ3v) is 3.91. The average molecular weight is 351 g/mol. The lowest BCUT2D eigenvalue weighted by molar-refractivity contribution is -0.131. The molecule has 0 spiro atoms. The van der Waals surface area contributed by atoms with Crippen molar-refractivity contribution in [2.45, 2.75) is 46.0 Å². The number of nitrogens with zero attached hydrogens (tertiary/aromatic N) is 1. The number of hydrogen-bond acceptors (Lipinski definition) is 2. The Labute approximate surface area is 157 Å². The number of allylic oxidation sites excluding steroid dienone is 6. The molecule has 26 heavy (non-hydrogen) atoms. The molecule has 1 fully saturated rings. The fourth-order valence-corrected chi connectivity index (χ4v) is 2.72. The van der Waals surface area contributed by atoms with Crippen LogP contribution in [0, 0.1) is 0 Å². The van der Waals surface area contributed by atoms with Gasteiger partial charge in [-0.25, -0.2) is 9.78 Å². The Kier molecular flexibility index (Phi) is 9.70. The first-order chi connectivity index (χ1) is 12.6. The van der Waals surface area contributed by atoms with Gasteiger partial charge in [-0.15, -0.1) is 0 Å². The molecule has 1 aliphatic carbocycles. The van der Waals surface area contributed by atoms with Crippen LogP contribution in [0.1, 0.15) is 57.3 Å². The Morgan fingerprint density at radius 2 is 1.85 bits per heavy atom. The van der Waals surface area contributed by atoms with Gasteiger partial charge in [0.15, 0.2) is 0 Å². The molecule has 0 aromatic carbocycles. The van der Waals surface area contributed by atoms with Gasteiger partial charge in [-0.05, 0) is 61.6 Å². The van der Waals surface area contributed by atoms with E-state index in [0.29, 0.717) is 5.57 Å². The first-order valence-electron chi connectivity index (χ1n) is 9.19. The summed E-state index contributed by atoms with van der Waals surface area (Å²) in [4.78, 5) is 15.3. The lowest BCUT2D eigenvalue weighted by atomic mass is 9.94. The maximum atomic E-state index is 10.6. The highest BCUT2D eigenvalue weighted by atomic mass is 16.4. The molecule has 1 heterocycles. The van der Waals surface area contributed by atoms with Gasteiger partial charge in [0.2, 0.25) is 0 Å². The standard InChI is InChI=1S/C21H23NO2.C2H6/c1-3-18(14-16(2)12-13-21(23)24)20-11-7-10-19(22-20)15-17-8-5-4-6-9-17;1-2/h3,7,10-15H,1-2,4-6,8-9H2,(H,23,24);1-2H3/b13-12+,18-14+;. The van der Waals surface area contributed by atoms with E-state index in [1.165, 1.54) is 30.9 Å². The number of carboxylic acid groups (broad SMARTS) is 1. The van der Waals surface area contributed by atoms with E-state index in [0.717, 1.165) is 35.9 Å². The summed E-state index contributed by atoms with van der Waals surface area (Å²) in [6.45, 7) is 11.7. The number of hydrogen-bond donors (Lipinski definition) is 1. The van der Waals surface area contributed by atoms with E-state index < -0.39 is 5.97 Å². The van der Waals surface area contributed by atoms with Crippen LogP contribution in [0.4, 0.5) is 0 Å². The smallest absolute Gasteiger partial charge is 0.328 e. The van der Waals surface area contributed by atoms with E-state index in [1.54, 1.807) is 12.2 Å². The minimum atomic E-state index is -0.996. The third-order valence-electron chi connectivity index (χ3n) is 3.91. The predicted molar refractivity (Wildman–Crippen MR) is 111 cm³/mol. The molecule has 0 radical (unpaired) electrons. The van der Waals surface area contributed by atoms with Crippen molar-refractivity contribution in [3.63, 3.8) is 0 Å².